The van der Waals surface area contributed by atoms with Gasteiger partial charge in [-0.3, -0.25) is 9.59 Å². The monoisotopic (exact) mass is 315 g/mol. The lowest BCUT2D eigenvalue weighted by Gasteiger charge is -2.46. The van der Waals surface area contributed by atoms with Gasteiger partial charge in [0.25, 0.3) is 0 Å². The van der Waals surface area contributed by atoms with Crippen LogP contribution in [0.2, 0.25) is 0 Å². The van der Waals surface area contributed by atoms with E-state index in [1.165, 1.54) is 6.92 Å². The number of carbonyl (C=O) groups excluding carboxylic acids is 2. The molecule has 1 saturated heterocycles. The number of amides is 1. The van der Waals surface area contributed by atoms with Crippen LogP contribution in [0, 0.1) is 5.92 Å². The summed E-state index contributed by atoms with van der Waals surface area (Å²) in [6, 6.07) is 13.8. The summed E-state index contributed by atoms with van der Waals surface area (Å²) in [6.07, 6.45) is 0.560. The number of rotatable bonds is 5. The molecule has 0 spiro atoms. The molecule has 1 aromatic heterocycles. The Morgan fingerprint density at radius 2 is 2.00 bits per heavy atom. The zero-order valence-corrected chi connectivity index (χ0v) is 13.1. The minimum atomic E-state index is -0.306. The molecule has 0 radical (unpaired) electrons. The first-order valence-electron chi connectivity index (χ1n) is 7.23. The number of nitrogens with zero attached hydrogens (tertiary/aromatic N) is 1. The second kappa shape index (κ2) is 6.32. The minimum Gasteiger partial charge on any atom is -0.466 e. The second-order valence-corrected chi connectivity index (χ2v) is 6.22. The molecule has 1 aromatic carbocycles. The fraction of sp³-hybridized carbons (Fsp3) is 0.294. The Hall–Kier alpha value is -2.14. The summed E-state index contributed by atoms with van der Waals surface area (Å²) in [7, 11) is 0. The number of carbonyl (C=O) groups is 2. The van der Waals surface area contributed by atoms with Crippen LogP contribution in [0.3, 0.4) is 0 Å². The van der Waals surface area contributed by atoms with Crippen LogP contribution in [0.15, 0.2) is 47.8 Å². The molecule has 0 aliphatic carbocycles. The molecule has 2 atom stereocenters. The fourth-order valence-electron chi connectivity index (χ4n) is 2.82. The molecule has 0 saturated carbocycles. The van der Waals surface area contributed by atoms with Gasteiger partial charge in [0.2, 0.25) is 5.91 Å². The van der Waals surface area contributed by atoms with Gasteiger partial charge < -0.3 is 9.64 Å². The van der Waals surface area contributed by atoms with Crippen molar-refractivity contribution in [2.75, 3.05) is 11.5 Å². The van der Waals surface area contributed by atoms with Crippen LogP contribution in [-0.2, 0) is 14.3 Å². The number of thiophene rings is 1. The largest absolute Gasteiger partial charge is 0.466 e. The maximum absolute atomic E-state index is 12.5. The molecule has 1 amide bonds. The van der Waals surface area contributed by atoms with Crippen molar-refractivity contribution < 1.29 is 14.3 Å². The molecule has 3 rings (SSSR count). The van der Waals surface area contributed by atoms with E-state index in [4.69, 9.17) is 4.74 Å². The third kappa shape index (κ3) is 2.76. The van der Waals surface area contributed by atoms with E-state index in [0.29, 0.717) is 6.42 Å². The molecule has 5 heteroatoms. The van der Waals surface area contributed by atoms with Gasteiger partial charge in [-0.2, -0.15) is 0 Å². The second-order valence-electron chi connectivity index (χ2n) is 5.24. The molecule has 2 aromatic rings. The lowest BCUT2D eigenvalue weighted by molar-refractivity contribution is -0.143. The first kappa shape index (κ1) is 14.8. The maximum Gasteiger partial charge on any atom is 0.302 e. The van der Waals surface area contributed by atoms with Gasteiger partial charge in [-0.1, -0.05) is 24.3 Å². The average Bonchev–Trinajstić information content (AvgIpc) is 3.03. The average molecular weight is 315 g/mol. The zero-order valence-electron chi connectivity index (χ0n) is 12.3. The zero-order chi connectivity index (χ0) is 15.5. The Bertz CT molecular complexity index is 654. The van der Waals surface area contributed by atoms with E-state index >= 15 is 0 Å². The predicted octanol–water partition coefficient (Wildman–Crippen LogP) is 3.41. The van der Waals surface area contributed by atoms with Crippen LogP contribution in [0.4, 0.5) is 5.69 Å². The Morgan fingerprint density at radius 3 is 2.64 bits per heavy atom. The molecule has 2 heterocycles. The SMILES string of the molecule is CC(=O)OCC[C@@H]1C(=O)N(c2ccccc2)[C@@H]1c1cccs1. The number of anilines is 1. The van der Waals surface area contributed by atoms with E-state index in [-0.39, 0.29) is 30.4 Å². The highest BCUT2D eigenvalue weighted by Crippen LogP contribution is 2.46. The molecule has 114 valence electrons. The maximum atomic E-state index is 12.5. The van der Waals surface area contributed by atoms with Crippen molar-refractivity contribution in [1.29, 1.82) is 0 Å². The molecule has 0 bridgehead atoms. The van der Waals surface area contributed by atoms with Gasteiger partial charge in [-0.25, -0.2) is 0 Å². The standard InChI is InChI=1S/C17H17NO3S/c1-12(19)21-10-9-14-16(15-8-5-11-22-15)18(17(14)20)13-6-3-2-4-7-13/h2-8,11,14,16H,9-10H2,1H3/t14-,16-/m0/s1. The van der Waals surface area contributed by atoms with Crippen LogP contribution < -0.4 is 4.90 Å². The highest BCUT2D eigenvalue weighted by Gasteiger charge is 2.48. The number of esters is 1. The third-order valence-corrected chi connectivity index (χ3v) is 4.76. The van der Waals surface area contributed by atoms with Gasteiger partial charge in [-0.15, -0.1) is 11.3 Å². The molecular weight excluding hydrogens is 298 g/mol. The predicted molar refractivity (Wildman–Crippen MR) is 85.7 cm³/mol. The number of benzene rings is 1. The molecule has 4 nitrogen and oxygen atoms in total. The van der Waals surface area contributed by atoms with E-state index in [1.807, 2.05) is 46.7 Å². The summed E-state index contributed by atoms with van der Waals surface area (Å²) in [5, 5.41) is 2.02. The van der Waals surface area contributed by atoms with Crippen LogP contribution in [0.1, 0.15) is 24.3 Å². The van der Waals surface area contributed by atoms with Crippen LogP contribution >= 0.6 is 11.3 Å². The van der Waals surface area contributed by atoms with Crippen LogP contribution in [-0.4, -0.2) is 18.5 Å². The Morgan fingerprint density at radius 1 is 1.23 bits per heavy atom. The van der Waals surface area contributed by atoms with Gasteiger partial charge >= 0.3 is 5.97 Å². The number of para-hydroxylation sites is 1. The number of hydrogen-bond donors (Lipinski definition) is 0. The van der Waals surface area contributed by atoms with E-state index in [1.54, 1.807) is 11.3 Å². The van der Waals surface area contributed by atoms with Crippen molar-refractivity contribution >= 4 is 28.9 Å². The van der Waals surface area contributed by atoms with Gasteiger partial charge in [0.1, 0.15) is 0 Å². The van der Waals surface area contributed by atoms with E-state index < -0.39 is 0 Å². The van der Waals surface area contributed by atoms with E-state index in [2.05, 4.69) is 6.07 Å². The molecule has 0 unspecified atom stereocenters. The topological polar surface area (TPSA) is 46.6 Å². The van der Waals surface area contributed by atoms with Crippen LogP contribution in [0.25, 0.3) is 0 Å². The van der Waals surface area contributed by atoms with Gasteiger partial charge in [0.15, 0.2) is 0 Å². The molecule has 1 fully saturated rings. The van der Waals surface area contributed by atoms with E-state index in [9.17, 15) is 9.59 Å². The van der Waals surface area contributed by atoms with Crippen molar-refractivity contribution in [3.63, 3.8) is 0 Å². The molecule has 22 heavy (non-hydrogen) atoms. The molecular formula is C17H17NO3S. The smallest absolute Gasteiger partial charge is 0.302 e. The van der Waals surface area contributed by atoms with Crippen molar-refractivity contribution in [2.24, 2.45) is 5.92 Å². The Labute approximate surface area is 133 Å². The van der Waals surface area contributed by atoms with Gasteiger partial charge in [0, 0.05) is 17.5 Å². The Kier molecular flexibility index (Phi) is 4.24. The summed E-state index contributed by atoms with van der Waals surface area (Å²) in [5.74, 6) is -0.339. The number of ether oxygens (including phenoxy) is 1. The van der Waals surface area contributed by atoms with Crippen molar-refractivity contribution in [2.45, 2.75) is 19.4 Å². The van der Waals surface area contributed by atoms with Crippen molar-refractivity contribution in [1.82, 2.24) is 0 Å². The van der Waals surface area contributed by atoms with E-state index in [0.717, 1.165) is 10.6 Å². The van der Waals surface area contributed by atoms with Gasteiger partial charge in [-0.05, 0) is 30.0 Å². The summed E-state index contributed by atoms with van der Waals surface area (Å²) < 4.78 is 5.00. The third-order valence-electron chi connectivity index (χ3n) is 3.82. The fourth-order valence-corrected chi connectivity index (χ4v) is 3.70. The highest BCUT2D eigenvalue weighted by atomic mass is 32.1. The Balaban J connectivity index is 1.80. The highest BCUT2D eigenvalue weighted by molar-refractivity contribution is 7.10. The quantitative estimate of drug-likeness (QED) is 0.627. The summed E-state index contributed by atoms with van der Waals surface area (Å²) in [5.41, 5.74) is 0.912. The molecule has 0 N–H and O–H groups in total. The summed E-state index contributed by atoms with van der Waals surface area (Å²) >= 11 is 1.65. The number of hydrogen-bond acceptors (Lipinski definition) is 4. The molecule has 1 aliphatic heterocycles. The first-order valence-corrected chi connectivity index (χ1v) is 8.11. The lowest BCUT2D eigenvalue weighted by Crippen LogP contribution is -2.55. The first-order chi connectivity index (χ1) is 10.7. The van der Waals surface area contributed by atoms with Crippen molar-refractivity contribution in [3.8, 4) is 0 Å². The molecule has 1 aliphatic rings. The van der Waals surface area contributed by atoms with Crippen molar-refractivity contribution in [3.05, 3.63) is 52.7 Å². The summed E-state index contributed by atoms with van der Waals surface area (Å²) in [6.45, 7) is 1.67. The lowest BCUT2D eigenvalue weighted by atomic mass is 9.83. The van der Waals surface area contributed by atoms with Crippen LogP contribution in [0.5, 0.6) is 0 Å². The minimum absolute atomic E-state index is 0.0328. The normalized spacial score (nSPS) is 20.6. The number of β-lactam (4-membered cyclic amide) rings is 1. The van der Waals surface area contributed by atoms with Gasteiger partial charge in [0.05, 0.1) is 18.6 Å². The summed E-state index contributed by atoms with van der Waals surface area (Å²) in [4.78, 5) is 26.4.